The molecular weight excluding hydrogens is 409 g/mol. The van der Waals surface area contributed by atoms with Gasteiger partial charge in [-0.05, 0) is 36.4 Å². The number of carbonyl (C=O) groups is 1. The van der Waals surface area contributed by atoms with Crippen molar-refractivity contribution in [3.8, 4) is 0 Å². The lowest BCUT2D eigenvalue weighted by Gasteiger charge is -2.36. The standard InChI is InChI=1S/C26H36BN5O/c1-6-12-27(2)24-11-13-28-25-23(24)18-22(30(25)5)19-31-14-16-32(17-15-31)21-9-7-20(8-10-21)26(33)29(3)4/h7-11,13,18H,6,12,14-17,19H2,1-5H3. The third-order valence-electron chi connectivity index (χ3n) is 6.96. The summed E-state index contributed by atoms with van der Waals surface area (Å²) in [4.78, 5) is 23.4. The van der Waals surface area contributed by atoms with Crippen molar-refractivity contribution in [3.05, 3.63) is 53.9 Å². The zero-order chi connectivity index (χ0) is 23.5. The van der Waals surface area contributed by atoms with E-state index in [1.807, 2.05) is 18.3 Å². The van der Waals surface area contributed by atoms with Crippen LogP contribution in [0.1, 0.15) is 29.4 Å². The number of fused-ring (bicyclic) bond motifs is 1. The van der Waals surface area contributed by atoms with E-state index in [4.69, 9.17) is 0 Å². The molecule has 1 saturated heterocycles. The van der Waals surface area contributed by atoms with E-state index in [0.717, 1.165) is 43.9 Å². The van der Waals surface area contributed by atoms with Crippen LogP contribution in [0.4, 0.5) is 5.69 Å². The van der Waals surface area contributed by atoms with Crippen LogP contribution >= 0.6 is 0 Å². The van der Waals surface area contributed by atoms with Crippen molar-refractivity contribution in [3.63, 3.8) is 0 Å². The van der Waals surface area contributed by atoms with E-state index >= 15 is 0 Å². The summed E-state index contributed by atoms with van der Waals surface area (Å²) in [6, 6.07) is 12.6. The number of pyridine rings is 1. The minimum Gasteiger partial charge on any atom is -0.369 e. The van der Waals surface area contributed by atoms with Crippen molar-refractivity contribution in [2.24, 2.45) is 7.05 Å². The quantitative estimate of drug-likeness (QED) is 0.524. The van der Waals surface area contributed by atoms with Gasteiger partial charge in [0.1, 0.15) is 5.65 Å². The second kappa shape index (κ2) is 10.00. The summed E-state index contributed by atoms with van der Waals surface area (Å²) in [5.41, 5.74) is 5.77. The highest BCUT2D eigenvalue weighted by Gasteiger charge is 2.21. The van der Waals surface area contributed by atoms with Gasteiger partial charge in [0.05, 0.1) is 0 Å². The molecular formula is C26H36BN5O. The smallest absolute Gasteiger partial charge is 0.253 e. The maximum absolute atomic E-state index is 12.1. The van der Waals surface area contributed by atoms with Crippen LogP contribution in [0.2, 0.25) is 13.1 Å². The van der Waals surface area contributed by atoms with Crippen molar-refractivity contribution in [1.29, 1.82) is 0 Å². The third kappa shape index (κ3) is 4.93. The minimum absolute atomic E-state index is 0.0445. The van der Waals surface area contributed by atoms with Gasteiger partial charge in [0.2, 0.25) is 0 Å². The fourth-order valence-electron chi connectivity index (χ4n) is 4.93. The molecule has 0 saturated carbocycles. The highest BCUT2D eigenvalue weighted by Crippen LogP contribution is 2.21. The summed E-state index contributed by atoms with van der Waals surface area (Å²) in [6.45, 7) is 10.1. The molecule has 0 bridgehead atoms. The number of amides is 1. The van der Waals surface area contributed by atoms with E-state index in [1.54, 1.807) is 19.0 Å². The Bertz CT molecular complexity index is 1100. The molecule has 2 aromatic heterocycles. The zero-order valence-electron chi connectivity index (χ0n) is 20.7. The second-order valence-corrected chi connectivity index (χ2v) is 9.53. The Hall–Kier alpha value is -2.80. The second-order valence-electron chi connectivity index (χ2n) is 9.53. The summed E-state index contributed by atoms with van der Waals surface area (Å²) in [6.07, 6.45) is 4.36. The molecule has 3 heterocycles. The van der Waals surface area contributed by atoms with Crippen molar-refractivity contribution in [2.75, 3.05) is 45.2 Å². The van der Waals surface area contributed by atoms with Gasteiger partial charge in [-0.15, -0.1) is 0 Å². The number of nitrogens with zero attached hydrogens (tertiary/aromatic N) is 5. The number of rotatable bonds is 7. The number of piperazine rings is 1. The molecule has 0 aliphatic carbocycles. The summed E-state index contributed by atoms with van der Waals surface area (Å²) in [7, 11) is 5.72. The van der Waals surface area contributed by atoms with E-state index in [9.17, 15) is 4.79 Å². The predicted octanol–water partition coefficient (Wildman–Crippen LogP) is 3.34. The van der Waals surface area contributed by atoms with Crippen LogP contribution in [0.25, 0.3) is 11.0 Å². The first kappa shape index (κ1) is 23.4. The molecule has 1 aliphatic rings. The Morgan fingerprint density at radius 1 is 1.09 bits per heavy atom. The van der Waals surface area contributed by atoms with Crippen LogP contribution in [0.15, 0.2) is 42.6 Å². The van der Waals surface area contributed by atoms with Gasteiger partial charge < -0.3 is 14.4 Å². The highest BCUT2D eigenvalue weighted by molar-refractivity contribution is 6.74. The number of carbonyl (C=O) groups excluding carboxylic acids is 1. The van der Waals surface area contributed by atoms with Gasteiger partial charge in [-0.3, -0.25) is 9.69 Å². The molecule has 0 spiro atoms. The van der Waals surface area contributed by atoms with E-state index in [0.29, 0.717) is 6.71 Å². The minimum atomic E-state index is 0.0445. The zero-order valence-corrected chi connectivity index (χ0v) is 20.7. The summed E-state index contributed by atoms with van der Waals surface area (Å²) < 4.78 is 2.27. The number of anilines is 1. The predicted molar refractivity (Wildman–Crippen MR) is 139 cm³/mol. The van der Waals surface area contributed by atoms with Crippen LogP contribution in [-0.4, -0.2) is 72.2 Å². The molecule has 0 N–H and O–H groups in total. The molecule has 7 heteroatoms. The average Bonchev–Trinajstić information content (AvgIpc) is 3.14. The number of aryl methyl sites for hydroxylation is 1. The molecule has 0 atom stereocenters. The Kier molecular flexibility index (Phi) is 7.08. The monoisotopic (exact) mass is 445 g/mol. The largest absolute Gasteiger partial charge is 0.369 e. The highest BCUT2D eigenvalue weighted by atomic mass is 16.2. The molecule has 1 aromatic carbocycles. The van der Waals surface area contributed by atoms with Gasteiger partial charge in [-0.2, -0.15) is 0 Å². The van der Waals surface area contributed by atoms with Gasteiger partial charge in [0, 0.05) is 82.4 Å². The fraction of sp³-hybridized carbons (Fsp3) is 0.462. The van der Waals surface area contributed by atoms with Gasteiger partial charge in [-0.1, -0.05) is 32.0 Å². The van der Waals surface area contributed by atoms with Crippen molar-refractivity contribution >= 4 is 34.8 Å². The summed E-state index contributed by atoms with van der Waals surface area (Å²) in [5.74, 6) is 0.0445. The van der Waals surface area contributed by atoms with E-state index < -0.39 is 0 Å². The Labute approximate surface area is 198 Å². The third-order valence-corrected chi connectivity index (χ3v) is 6.96. The number of aromatic nitrogens is 2. The lowest BCUT2D eigenvalue weighted by Crippen LogP contribution is -2.46. The average molecular weight is 445 g/mol. The van der Waals surface area contributed by atoms with Crippen molar-refractivity contribution < 1.29 is 4.79 Å². The summed E-state index contributed by atoms with van der Waals surface area (Å²) in [5, 5.41) is 1.31. The van der Waals surface area contributed by atoms with E-state index in [-0.39, 0.29) is 5.91 Å². The van der Waals surface area contributed by atoms with E-state index in [1.165, 1.54) is 35.0 Å². The molecule has 174 valence electrons. The van der Waals surface area contributed by atoms with Crippen LogP contribution in [0.5, 0.6) is 0 Å². The Morgan fingerprint density at radius 3 is 2.42 bits per heavy atom. The van der Waals surface area contributed by atoms with Gasteiger partial charge in [-0.25, -0.2) is 4.98 Å². The number of benzene rings is 1. The fourth-order valence-corrected chi connectivity index (χ4v) is 4.93. The summed E-state index contributed by atoms with van der Waals surface area (Å²) >= 11 is 0. The first-order valence-corrected chi connectivity index (χ1v) is 12.1. The van der Waals surface area contributed by atoms with Gasteiger partial charge in [0.25, 0.3) is 5.91 Å². The Balaban J connectivity index is 1.41. The SMILES string of the molecule is CCCB(C)c1ccnc2c1cc(CN1CCN(c3ccc(C(=O)N(C)C)cc3)CC1)n2C. The van der Waals surface area contributed by atoms with Crippen LogP contribution < -0.4 is 10.4 Å². The molecule has 0 radical (unpaired) electrons. The molecule has 6 nitrogen and oxygen atoms in total. The van der Waals surface area contributed by atoms with Crippen LogP contribution in [-0.2, 0) is 13.6 Å². The van der Waals surface area contributed by atoms with Gasteiger partial charge >= 0.3 is 0 Å². The molecule has 1 amide bonds. The lowest BCUT2D eigenvalue weighted by molar-refractivity contribution is 0.0827. The van der Waals surface area contributed by atoms with Crippen molar-refractivity contribution in [1.82, 2.24) is 19.4 Å². The molecule has 0 unspecified atom stereocenters. The number of hydrogen-bond acceptors (Lipinski definition) is 4. The maximum Gasteiger partial charge on any atom is 0.253 e. The molecule has 3 aromatic rings. The van der Waals surface area contributed by atoms with Gasteiger partial charge in [0.15, 0.2) is 6.71 Å². The normalized spacial score (nSPS) is 14.6. The molecule has 33 heavy (non-hydrogen) atoms. The Morgan fingerprint density at radius 2 is 1.79 bits per heavy atom. The van der Waals surface area contributed by atoms with Crippen molar-refractivity contribution in [2.45, 2.75) is 33.0 Å². The van der Waals surface area contributed by atoms with E-state index in [2.05, 4.69) is 64.4 Å². The van der Waals surface area contributed by atoms with Crippen LogP contribution in [0.3, 0.4) is 0 Å². The molecule has 1 fully saturated rings. The first-order valence-electron chi connectivity index (χ1n) is 12.1. The number of hydrogen-bond donors (Lipinski definition) is 0. The first-order chi connectivity index (χ1) is 15.9. The molecule has 1 aliphatic heterocycles. The topological polar surface area (TPSA) is 44.6 Å². The van der Waals surface area contributed by atoms with Crippen LogP contribution in [0, 0.1) is 0 Å². The lowest BCUT2D eigenvalue weighted by atomic mass is 9.44. The molecule has 4 rings (SSSR count). The maximum atomic E-state index is 12.1.